The van der Waals surface area contributed by atoms with Crippen LogP contribution >= 0.6 is 0 Å². The van der Waals surface area contributed by atoms with Crippen LogP contribution in [0.25, 0.3) is 0 Å². The highest BCUT2D eigenvalue weighted by Gasteiger charge is 2.37. The van der Waals surface area contributed by atoms with E-state index in [-0.39, 0.29) is 18.7 Å². The highest BCUT2D eigenvalue weighted by atomic mass is 19.1. The molecule has 6 heteroatoms. The van der Waals surface area contributed by atoms with Crippen LogP contribution in [-0.4, -0.2) is 18.4 Å². The summed E-state index contributed by atoms with van der Waals surface area (Å²) in [4.78, 5) is 25.8. The first-order chi connectivity index (χ1) is 11.9. The Balaban J connectivity index is 1.77. The fourth-order valence-electron chi connectivity index (χ4n) is 2.94. The lowest BCUT2D eigenvalue weighted by Gasteiger charge is -2.17. The van der Waals surface area contributed by atoms with Crippen molar-refractivity contribution in [3.8, 4) is 5.75 Å². The van der Waals surface area contributed by atoms with E-state index < -0.39 is 29.4 Å². The van der Waals surface area contributed by atoms with Crippen molar-refractivity contribution in [1.82, 2.24) is 0 Å². The number of para-hydroxylation sites is 1. The van der Waals surface area contributed by atoms with Crippen LogP contribution in [0, 0.1) is 31.4 Å². The van der Waals surface area contributed by atoms with E-state index in [1.807, 2.05) is 32.0 Å². The van der Waals surface area contributed by atoms with E-state index in [0.29, 0.717) is 11.8 Å². The van der Waals surface area contributed by atoms with Gasteiger partial charge < -0.3 is 9.64 Å². The minimum atomic E-state index is -0.836. The summed E-state index contributed by atoms with van der Waals surface area (Å²) < 4.78 is 32.4. The number of amides is 1. The maximum atomic E-state index is 13.9. The zero-order chi connectivity index (χ0) is 18.1. The van der Waals surface area contributed by atoms with Gasteiger partial charge in [0.2, 0.25) is 5.91 Å². The third-order valence-corrected chi connectivity index (χ3v) is 4.27. The minimum absolute atomic E-state index is 0.00511. The van der Waals surface area contributed by atoms with Crippen LogP contribution in [0.4, 0.5) is 14.5 Å². The third-order valence-electron chi connectivity index (χ3n) is 4.27. The topological polar surface area (TPSA) is 46.6 Å². The lowest BCUT2D eigenvalue weighted by Crippen LogP contribution is -2.28. The van der Waals surface area contributed by atoms with Crippen molar-refractivity contribution >= 4 is 17.6 Å². The number of carbonyl (C=O) groups is 2. The lowest BCUT2D eigenvalue weighted by atomic mass is 10.1. The van der Waals surface area contributed by atoms with Gasteiger partial charge in [-0.15, -0.1) is 0 Å². The zero-order valence-corrected chi connectivity index (χ0v) is 13.9. The second kappa shape index (κ2) is 6.63. The van der Waals surface area contributed by atoms with Gasteiger partial charge in [0.05, 0.1) is 11.6 Å². The van der Waals surface area contributed by atoms with Gasteiger partial charge in [0, 0.05) is 19.0 Å². The quantitative estimate of drug-likeness (QED) is 0.631. The molecular formula is C19H17F2NO3. The molecule has 2 aromatic carbocycles. The Hall–Kier alpha value is -2.76. The van der Waals surface area contributed by atoms with Crippen LogP contribution in [0.5, 0.6) is 5.75 Å². The highest BCUT2D eigenvalue weighted by Crippen LogP contribution is 2.30. The fourth-order valence-corrected chi connectivity index (χ4v) is 2.94. The number of ether oxygens (including phenoxy) is 1. The Labute approximate surface area is 144 Å². The molecule has 0 N–H and O–H groups in total. The van der Waals surface area contributed by atoms with Crippen molar-refractivity contribution in [1.29, 1.82) is 0 Å². The number of hydrogen-bond donors (Lipinski definition) is 0. The monoisotopic (exact) mass is 345 g/mol. The first-order valence-electron chi connectivity index (χ1n) is 7.90. The predicted molar refractivity (Wildman–Crippen MR) is 88.4 cm³/mol. The molecule has 25 heavy (non-hydrogen) atoms. The van der Waals surface area contributed by atoms with Gasteiger partial charge in [-0.25, -0.2) is 8.78 Å². The van der Waals surface area contributed by atoms with Crippen LogP contribution in [-0.2, 0) is 9.59 Å². The predicted octanol–water partition coefficient (Wildman–Crippen LogP) is 3.54. The van der Waals surface area contributed by atoms with Crippen molar-refractivity contribution in [2.75, 3.05) is 11.4 Å². The molecule has 0 bridgehead atoms. The minimum Gasteiger partial charge on any atom is -0.426 e. The van der Waals surface area contributed by atoms with Crippen LogP contribution in [0.15, 0.2) is 36.4 Å². The van der Waals surface area contributed by atoms with Crippen molar-refractivity contribution in [2.24, 2.45) is 5.92 Å². The molecule has 0 radical (unpaired) electrons. The summed E-state index contributed by atoms with van der Waals surface area (Å²) in [6.45, 7) is 3.66. The van der Waals surface area contributed by atoms with E-state index >= 15 is 0 Å². The Morgan fingerprint density at radius 2 is 1.84 bits per heavy atom. The van der Waals surface area contributed by atoms with Crippen molar-refractivity contribution in [3.63, 3.8) is 0 Å². The second-order valence-electron chi connectivity index (χ2n) is 6.14. The van der Waals surface area contributed by atoms with Crippen molar-refractivity contribution in [3.05, 3.63) is 59.2 Å². The number of benzene rings is 2. The van der Waals surface area contributed by atoms with E-state index in [1.165, 1.54) is 6.07 Å². The zero-order valence-electron chi connectivity index (χ0n) is 13.9. The molecule has 1 aliphatic rings. The fraction of sp³-hybridized carbons (Fsp3) is 0.263. The molecule has 3 rings (SSSR count). The van der Waals surface area contributed by atoms with Gasteiger partial charge in [-0.2, -0.15) is 0 Å². The first-order valence-corrected chi connectivity index (χ1v) is 7.90. The van der Waals surface area contributed by atoms with Crippen LogP contribution in [0.1, 0.15) is 17.5 Å². The maximum absolute atomic E-state index is 13.9. The van der Waals surface area contributed by atoms with E-state index in [1.54, 1.807) is 0 Å². The number of anilines is 1. The second-order valence-corrected chi connectivity index (χ2v) is 6.14. The molecule has 0 aromatic heterocycles. The molecule has 130 valence electrons. The highest BCUT2D eigenvalue weighted by molar-refractivity contribution is 5.99. The van der Waals surface area contributed by atoms with Crippen molar-refractivity contribution in [2.45, 2.75) is 20.3 Å². The molecule has 1 amide bonds. The molecule has 1 saturated heterocycles. The Morgan fingerprint density at radius 3 is 2.48 bits per heavy atom. The van der Waals surface area contributed by atoms with Crippen LogP contribution in [0.2, 0.25) is 0 Å². The summed E-state index contributed by atoms with van der Waals surface area (Å²) in [5, 5.41) is 0. The lowest BCUT2D eigenvalue weighted by molar-refractivity contribution is -0.139. The van der Waals surface area contributed by atoms with Crippen LogP contribution < -0.4 is 9.64 Å². The normalized spacial score (nSPS) is 17.0. The number of nitrogens with zero attached hydrogens (tertiary/aromatic N) is 1. The van der Waals surface area contributed by atoms with Gasteiger partial charge in [0.15, 0.2) is 0 Å². The Bertz CT molecular complexity index is 830. The van der Waals surface area contributed by atoms with Crippen LogP contribution in [0.3, 0.4) is 0 Å². The van der Waals surface area contributed by atoms with Gasteiger partial charge in [-0.3, -0.25) is 9.59 Å². The summed E-state index contributed by atoms with van der Waals surface area (Å²) in [6, 6.07) is 8.51. The largest absolute Gasteiger partial charge is 0.426 e. The SMILES string of the molecule is Cc1cccc(C)c1OC(=O)C1CC(=O)N(c2ccc(F)cc2F)C1. The number of rotatable bonds is 3. The summed E-state index contributed by atoms with van der Waals surface area (Å²) in [7, 11) is 0. The van der Waals surface area contributed by atoms with Gasteiger partial charge in [0.1, 0.15) is 17.4 Å². The summed E-state index contributed by atoms with van der Waals surface area (Å²) >= 11 is 0. The number of esters is 1. The van der Waals surface area contributed by atoms with E-state index in [9.17, 15) is 18.4 Å². The number of carbonyl (C=O) groups excluding carboxylic acids is 2. The molecule has 1 aliphatic heterocycles. The van der Waals surface area contributed by atoms with Crippen molar-refractivity contribution < 1.29 is 23.1 Å². The molecule has 4 nitrogen and oxygen atoms in total. The van der Waals surface area contributed by atoms with Gasteiger partial charge >= 0.3 is 5.97 Å². The van der Waals surface area contributed by atoms with Gasteiger partial charge in [-0.1, -0.05) is 18.2 Å². The molecule has 1 heterocycles. The average molecular weight is 345 g/mol. The molecule has 1 unspecified atom stereocenters. The standard InChI is InChI=1S/C19H17F2NO3/c1-11-4-3-5-12(2)18(11)25-19(24)13-8-17(23)22(10-13)16-7-6-14(20)9-15(16)21/h3-7,9,13H,8,10H2,1-2H3. The number of aryl methyl sites for hydroxylation is 2. The third kappa shape index (κ3) is 3.38. The molecule has 1 atom stereocenters. The molecule has 0 saturated carbocycles. The molecule has 0 spiro atoms. The van der Waals surface area contributed by atoms with E-state index in [4.69, 9.17) is 4.74 Å². The Kier molecular flexibility index (Phi) is 4.53. The summed E-state index contributed by atoms with van der Waals surface area (Å²) in [5.74, 6) is -2.71. The maximum Gasteiger partial charge on any atom is 0.316 e. The molecule has 1 fully saturated rings. The average Bonchev–Trinajstić information content (AvgIpc) is 2.93. The molecule has 0 aliphatic carbocycles. The van der Waals surface area contributed by atoms with Gasteiger partial charge in [-0.05, 0) is 37.1 Å². The van der Waals surface area contributed by atoms with E-state index in [2.05, 4.69) is 0 Å². The molecular weight excluding hydrogens is 328 g/mol. The first kappa shape index (κ1) is 17.1. The Morgan fingerprint density at radius 1 is 1.16 bits per heavy atom. The van der Waals surface area contributed by atoms with Gasteiger partial charge in [0.25, 0.3) is 0 Å². The number of halogens is 2. The molecule has 2 aromatic rings. The summed E-state index contributed by atoms with van der Waals surface area (Å²) in [5.41, 5.74) is 1.60. The summed E-state index contributed by atoms with van der Waals surface area (Å²) in [6.07, 6.45) is -0.0689. The smallest absolute Gasteiger partial charge is 0.316 e. The van der Waals surface area contributed by atoms with E-state index in [0.717, 1.165) is 22.1 Å². The number of hydrogen-bond acceptors (Lipinski definition) is 3.